The molecule has 2 N–H and O–H groups in total. The smallest absolute Gasteiger partial charge is 0.0794 e. The summed E-state index contributed by atoms with van der Waals surface area (Å²) < 4.78 is 0. The maximum atomic E-state index is 10.2. The van der Waals surface area contributed by atoms with Gasteiger partial charge in [-0.1, -0.05) is 0 Å². The highest BCUT2D eigenvalue weighted by atomic mass is 32.1. The van der Waals surface area contributed by atoms with Gasteiger partial charge in [0, 0.05) is 11.8 Å². The van der Waals surface area contributed by atoms with Crippen LogP contribution in [0.4, 0.5) is 0 Å². The molecule has 1 aromatic heterocycles. The first-order valence-electron chi connectivity index (χ1n) is 4.59. The van der Waals surface area contributed by atoms with Crippen molar-refractivity contribution in [1.82, 2.24) is 10.3 Å². The number of aliphatic hydroxyl groups is 1. The van der Waals surface area contributed by atoms with Gasteiger partial charge in [0.15, 0.2) is 0 Å². The Balaban J connectivity index is 1.99. The van der Waals surface area contributed by atoms with Crippen LogP contribution in [0.25, 0.3) is 0 Å². The summed E-state index contributed by atoms with van der Waals surface area (Å²) in [6, 6.07) is 0. The van der Waals surface area contributed by atoms with Gasteiger partial charge in [-0.25, -0.2) is 4.98 Å². The lowest BCUT2D eigenvalue weighted by molar-refractivity contribution is 0.0101. The van der Waals surface area contributed by atoms with Crippen LogP contribution >= 0.6 is 11.3 Å². The number of rotatable bonds is 2. The summed E-state index contributed by atoms with van der Waals surface area (Å²) in [4.78, 5) is 4.19. The molecule has 0 aromatic carbocycles. The Morgan fingerprint density at radius 3 is 2.92 bits per heavy atom. The van der Waals surface area contributed by atoms with Gasteiger partial charge in [-0.15, -0.1) is 11.3 Å². The number of nitrogens with zero attached hydrogens (tertiary/aromatic N) is 1. The van der Waals surface area contributed by atoms with E-state index in [1.807, 2.05) is 10.9 Å². The second kappa shape index (κ2) is 3.74. The summed E-state index contributed by atoms with van der Waals surface area (Å²) in [5, 5.41) is 15.4. The topological polar surface area (TPSA) is 45.2 Å². The van der Waals surface area contributed by atoms with Crippen molar-refractivity contribution >= 4 is 11.3 Å². The number of piperidine rings is 1. The van der Waals surface area contributed by atoms with Gasteiger partial charge in [0.1, 0.15) is 0 Å². The molecule has 0 radical (unpaired) electrons. The van der Waals surface area contributed by atoms with Crippen molar-refractivity contribution in [3.63, 3.8) is 0 Å². The summed E-state index contributed by atoms with van der Waals surface area (Å²) in [5.41, 5.74) is 2.33. The van der Waals surface area contributed by atoms with Gasteiger partial charge in [0.2, 0.25) is 0 Å². The fourth-order valence-electron chi connectivity index (χ4n) is 1.73. The Morgan fingerprint density at radius 2 is 2.31 bits per heavy atom. The fourth-order valence-corrected chi connectivity index (χ4v) is 2.29. The van der Waals surface area contributed by atoms with Crippen LogP contribution in [0.2, 0.25) is 0 Å². The molecular weight excluding hydrogens is 184 g/mol. The molecule has 0 bridgehead atoms. The highest BCUT2D eigenvalue weighted by Gasteiger charge is 2.29. The molecule has 13 heavy (non-hydrogen) atoms. The zero-order valence-electron chi connectivity index (χ0n) is 7.49. The standard InChI is InChI=1S/C9H14N2OS/c12-9(1-3-10-4-2-9)5-8-6-13-7-11-8/h6-7,10,12H,1-5H2. The Morgan fingerprint density at radius 1 is 1.54 bits per heavy atom. The van der Waals surface area contributed by atoms with E-state index in [0.29, 0.717) is 6.42 Å². The van der Waals surface area contributed by atoms with Crippen molar-refractivity contribution in [3.8, 4) is 0 Å². The van der Waals surface area contributed by atoms with Crippen LogP contribution in [0.1, 0.15) is 18.5 Å². The SMILES string of the molecule is OC1(Cc2cscn2)CCNCC1. The lowest BCUT2D eigenvalue weighted by Crippen LogP contribution is -2.43. The van der Waals surface area contributed by atoms with Gasteiger partial charge in [-0.2, -0.15) is 0 Å². The minimum absolute atomic E-state index is 0.515. The molecule has 0 amide bonds. The molecule has 0 aliphatic carbocycles. The molecule has 1 saturated heterocycles. The molecule has 2 heterocycles. The summed E-state index contributed by atoms with van der Waals surface area (Å²) >= 11 is 1.59. The van der Waals surface area contributed by atoms with E-state index in [0.717, 1.165) is 31.6 Å². The summed E-state index contributed by atoms with van der Waals surface area (Å²) in [6.07, 6.45) is 2.38. The number of hydrogen-bond donors (Lipinski definition) is 2. The van der Waals surface area contributed by atoms with E-state index >= 15 is 0 Å². The number of aromatic nitrogens is 1. The molecule has 2 rings (SSSR count). The average Bonchev–Trinajstić information content (AvgIpc) is 2.57. The van der Waals surface area contributed by atoms with Crippen LogP contribution in [-0.4, -0.2) is 28.8 Å². The van der Waals surface area contributed by atoms with Gasteiger partial charge in [0.05, 0.1) is 16.8 Å². The maximum Gasteiger partial charge on any atom is 0.0794 e. The van der Waals surface area contributed by atoms with Gasteiger partial charge in [0.25, 0.3) is 0 Å². The van der Waals surface area contributed by atoms with E-state index in [9.17, 15) is 5.11 Å². The first kappa shape index (κ1) is 9.12. The first-order chi connectivity index (χ1) is 6.29. The van der Waals surface area contributed by atoms with E-state index in [-0.39, 0.29) is 0 Å². The van der Waals surface area contributed by atoms with E-state index in [4.69, 9.17) is 0 Å². The minimum Gasteiger partial charge on any atom is -0.389 e. The van der Waals surface area contributed by atoms with Crippen molar-refractivity contribution in [2.24, 2.45) is 0 Å². The van der Waals surface area contributed by atoms with Gasteiger partial charge in [-0.3, -0.25) is 0 Å². The molecule has 0 spiro atoms. The molecule has 0 unspecified atom stereocenters. The molecule has 0 saturated carbocycles. The average molecular weight is 198 g/mol. The van der Waals surface area contributed by atoms with E-state index in [1.165, 1.54) is 0 Å². The second-order valence-corrected chi connectivity index (χ2v) is 4.35. The van der Waals surface area contributed by atoms with Crippen molar-refractivity contribution in [2.75, 3.05) is 13.1 Å². The van der Waals surface area contributed by atoms with E-state index in [1.54, 1.807) is 11.3 Å². The monoisotopic (exact) mass is 198 g/mol. The summed E-state index contributed by atoms with van der Waals surface area (Å²) in [7, 11) is 0. The summed E-state index contributed by atoms with van der Waals surface area (Å²) in [5.74, 6) is 0. The zero-order valence-corrected chi connectivity index (χ0v) is 8.31. The van der Waals surface area contributed by atoms with Crippen LogP contribution in [-0.2, 0) is 6.42 Å². The molecule has 1 aromatic rings. The predicted molar refractivity (Wildman–Crippen MR) is 52.9 cm³/mol. The first-order valence-corrected chi connectivity index (χ1v) is 5.53. The molecule has 1 aliphatic rings. The lowest BCUT2D eigenvalue weighted by atomic mass is 9.88. The zero-order chi connectivity index (χ0) is 9.15. The highest BCUT2D eigenvalue weighted by Crippen LogP contribution is 2.22. The quantitative estimate of drug-likeness (QED) is 0.739. The van der Waals surface area contributed by atoms with Gasteiger partial charge < -0.3 is 10.4 Å². The minimum atomic E-state index is -0.515. The third-order valence-electron chi connectivity index (χ3n) is 2.53. The Labute approximate surface area is 81.8 Å². The normalized spacial score (nSPS) is 21.6. The fraction of sp³-hybridized carbons (Fsp3) is 0.667. The van der Waals surface area contributed by atoms with Crippen LogP contribution in [0.5, 0.6) is 0 Å². The number of nitrogens with one attached hydrogen (secondary N) is 1. The third kappa shape index (κ3) is 2.27. The van der Waals surface area contributed by atoms with Crippen molar-refractivity contribution in [3.05, 3.63) is 16.6 Å². The van der Waals surface area contributed by atoms with Crippen LogP contribution < -0.4 is 5.32 Å². The molecule has 1 aliphatic heterocycles. The maximum absolute atomic E-state index is 10.2. The third-order valence-corrected chi connectivity index (χ3v) is 3.16. The molecular formula is C9H14N2OS. The molecule has 1 fully saturated rings. The Kier molecular flexibility index (Phi) is 2.62. The molecule has 0 atom stereocenters. The van der Waals surface area contributed by atoms with Crippen molar-refractivity contribution in [1.29, 1.82) is 0 Å². The summed E-state index contributed by atoms with van der Waals surface area (Å²) in [6.45, 7) is 1.83. The van der Waals surface area contributed by atoms with Crippen LogP contribution in [0, 0.1) is 0 Å². The van der Waals surface area contributed by atoms with Crippen molar-refractivity contribution in [2.45, 2.75) is 24.9 Å². The van der Waals surface area contributed by atoms with Gasteiger partial charge >= 0.3 is 0 Å². The van der Waals surface area contributed by atoms with E-state index in [2.05, 4.69) is 10.3 Å². The predicted octanol–water partition coefficient (Wildman–Crippen LogP) is 0.800. The number of hydrogen-bond acceptors (Lipinski definition) is 4. The lowest BCUT2D eigenvalue weighted by Gasteiger charge is -2.31. The Bertz CT molecular complexity index is 255. The Hall–Kier alpha value is -0.450. The molecule has 3 nitrogen and oxygen atoms in total. The van der Waals surface area contributed by atoms with Crippen LogP contribution in [0.3, 0.4) is 0 Å². The van der Waals surface area contributed by atoms with Gasteiger partial charge in [-0.05, 0) is 25.9 Å². The van der Waals surface area contributed by atoms with E-state index < -0.39 is 5.60 Å². The highest BCUT2D eigenvalue weighted by molar-refractivity contribution is 7.07. The van der Waals surface area contributed by atoms with Crippen LogP contribution in [0.15, 0.2) is 10.9 Å². The number of thiazole rings is 1. The van der Waals surface area contributed by atoms with Crippen molar-refractivity contribution < 1.29 is 5.11 Å². The largest absolute Gasteiger partial charge is 0.389 e. The molecule has 72 valence electrons. The second-order valence-electron chi connectivity index (χ2n) is 3.63. The molecule has 4 heteroatoms.